The van der Waals surface area contributed by atoms with Gasteiger partial charge >= 0.3 is 6.18 Å². The molecule has 28 heavy (non-hydrogen) atoms. The highest BCUT2D eigenvalue weighted by molar-refractivity contribution is 5.87. The zero-order chi connectivity index (χ0) is 19.6. The Kier molecular flexibility index (Phi) is 4.74. The van der Waals surface area contributed by atoms with Crippen molar-refractivity contribution in [1.82, 2.24) is 0 Å². The lowest BCUT2D eigenvalue weighted by Gasteiger charge is -2.14. The lowest BCUT2D eigenvalue weighted by Crippen LogP contribution is -2.04. The third kappa shape index (κ3) is 3.70. The molecule has 0 nitrogen and oxygen atoms in total. The predicted octanol–water partition coefficient (Wildman–Crippen LogP) is 7.71. The molecule has 0 heterocycles. The van der Waals surface area contributed by atoms with E-state index in [-0.39, 0.29) is 0 Å². The van der Waals surface area contributed by atoms with E-state index in [0.717, 1.165) is 45.5 Å². The van der Waals surface area contributed by atoms with E-state index in [0.29, 0.717) is 0 Å². The van der Waals surface area contributed by atoms with Gasteiger partial charge in [0.05, 0.1) is 5.56 Å². The molecule has 0 spiro atoms. The van der Waals surface area contributed by atoms with Crippen molar-refractivity contribution in [2.24, 2.45) is 0 Å². The van der Waals surface area contributed by atoms with Gasteiger partial charge in [-0.2, -0.15) is 13.2 Å². The molecular formula is C25H17F3. The Bertz CT molecular complexity index is 1060. The predicted molar refractivity (Wildman–Crippen MR) is 108 cm³/mol. The molecule has 0 radical (unpaired) electrons. The van der Waals surface area contributed by atoms with Gasteiger partial charge in [0.1, 0.15) is 0 Å². The quantitative estimate of drug-likeness (QED) is 0.344. The first-order valence-electron chi connectivity index (χ1n) is 8.95. The molecular weight excluding hydrogens is 357 g/mol. The van der Waals surface area contributed by atoms with Crippen molar-refractivity contribution >= 4 is 0 Å². The zero-order valence-electron chi connectivity index (χ0n) is 14.9. The first-order chi connectivity index (χ1) is 13.5. The third-order valence-corrected chi connectivity index (χ3v) is 4.73. The van der Waals surface area contributed by atoms with E-state index in [1.165, 1.54) is 0 Å². The summed E-state index contributed by atoms with van der Waals surface area (Å²) in [4.78, 5) is 0. The molecule has 0 N–H and O–H groups in total. The molecule has 0 bridgehead atoms. The number of benzene rings is 4. The maximum Gasteiger partial charge on any atom is 0.416 e. The largest absolute Gasteiger partial charge is 0.416 e. The molecule has 0 aliphatic heterocycles. The second kappa shape index (κ2) is 7.35. The van der Waals surface area contributed by atoms with Crippen molar-refractivity contribution in [3.8, 4) is 33.4 Å². The summed E-state index contributed by atoms with van der Waals surface area (Å²) >= 11 is 0. The second-order valence-corrected chi connectivity index (χ2v) is 6.57. The van der Waals surface area contributed by atoms with Gasteiger partial charge in [0.15, 0.2) is 0 Å². The number of rotatable bonds is 3. The normalized spacial score (nSPS) is 11.4. The molecule has 0 fully saturated rings. The van der Waals surface area contributed by atoms with Gasteiger partial charge in [-0.15, -0.1) is 0 Å². The minimum Gasteiger partial charge on any atom is -0.166 e. The van der Waals surface area contributed by atoms with Crippen LogP contribution in [-0.2, 0) is 6.18 Å². The van der Waals surface area contributed by atoms with Gasteiger partial charge in [-0.3, -0.25) is 0 Å². The van der Waals surface area contributed by atoms with E-state index in [1.54, 1.807) is 12.1 Å². The number of alkyl halides is 3. The van der Waals surface area contributed by atoms with Crippen LogP contribution >= 0.6 is 0 Å². The van der Waals surface area contributed by atoms with E-state index in [2.05, 4.69) is 0 Å². The summed E-state index contributed by atoms with van der Waals surface area (Å²) in [6, 6.07) is 31.3. The van der Waals surface area contributed by atoms with E-state index < -0.39 is 11.7 Å². The molecule has 0 aliphatic rings. The topological polar surface area (TPSA) is 0 Å². The van der Waals surface area contributed by atoms with Gasteiger partial charge in [0.2, 0.25) is 0 Å². The molecule has 0 aromatic heterocycles. The summed E-state index contributed by atoms with van der Waals surface area (Å²) in [7, 11) is 0. The molecule has 0 saturated heterocycles. The lowest BCUT2D eigenvalue weighted by molar-refractivity contribution is -0.137. The highest BCUT2D eigenvalue weighted by atomic mass is 19.4. The maximum absolute atomic E-state index is 13.0. The summed E-state index contributed by atoms with van der Waals surface area (Å²) < 4.78 is 38.9. The van der Waals surface area contributed by atoms with Gasteiger partial charge in [0, 0.05) is 0 Å². The van der Waals surface area contributed by atoms with Crippen LogP contribution in [0.25, 0.3) is 33.4 Å². The molecule has 0 unspecified atom stereocenters. The van der Waals surface area contributed by atoms with Gasteiger partial charge < -0.3 is 0 Å². The Morgan fingerprint density at radius 3 is 1.50 bits per heavy atom. The van der Waals surface area contributed by atoms with Crippen LogP contribution in [0.2, 0.25) is 0 Å². The van der Waals surface area contributed by atoms with Crippen LogP contribution < -0.4 is 0 Å². The molecule has 4 aromatic rings. The smallest absolute Gasteiger partial charge is 0.166 e. The fraction of sp³-hybridized carbons (Fsp3) is 0.0400. The Balaban J connectivity index is 1.87. The maximum atomic E-state index is 13.0. The lowest BCUT2D eigenvalue weighted by atomic mass is 9.91. The van der Waals surface area contributed by atoms with Crippen molar-refractivity contribution in [2.75, 3.05) is 0 Å². The summed E-state index contributed by atoms with van der Waals surface area (Å²) in [5, 5.41) is 0. The Morgan fingerprint density at radius 2 is 0.929 bits per heavy atom. The molecule has 0 atom stereocenters. The summed E-state index contributed by atoms with van der Waals surface area (Å²) in [5.74, 6) is 0. The van der Waals surface area contributed by atoms with Crippen molar-refractivity contribution in [3.63, 3.8) is 0 Å². The average Bonchev–Trinajstić information content (AvgIpc) is 2.74. The highest BCUT2D eigenvalue weighted by Crippen LogP contribution is 2.37. The fourth-order valence-electron chi connectivity index (χ4n) is 3.30. The summed E-state index contributed by atoms with van der Waals surface area (Å²) in [6.45, 7) is 0. The Morgan fingerprint density at radius 1 is 0.429 bits per heavy atom. The van der Waals surface area contributed by atoms with E-state index in [1.807, 2.05) is 78.9 Å². The molecule has 0 aliphatic carbocycles. The first-order valence-corrected chi connectivity index (χ1v) is 8.95. The minimum absolute atomic E-state index is 0.642. The van der Waals surface area contributed by atoms with Gasteiger partial charge in [-0.25, -0.2) is 0 Å². The zero-order valence-corrected chi connectivity index (χ0v) is 14.9. The van der Waals surface area contributed by atoms with Crippen LogP contribution in [0.5, 0.6) is 0 Å². The van der Waals surface area contributed by atoms with Crippen LogP contribution in [0.1, 0.15) is 5.56 Å². The number of halogens is 3. The SMILES string of the molecule is FC(F)(F)c1ccc(-c2cc(-c3ccccc3)ccc2-c2ccccc2)cc1. The first kappa shape index (κ1) is 18.1. The van der Waals surface area contributed by atoms with Crippen LogP contribution in [0.15, 0.2) is 103 Å². The van der Waals surface area contributed by atoms with Crippen molar-refractivity contribution in [1.29, 1.82) is 0 Å². The van der Waals surface area contributed by atoms with Crippen LogP contribution in [0, 0.1) is 0 Å². The van der Waals surface area contributed by atoms with Gasteiger partial charge in [-0.1, -0.05) is 84.9 Å². The van der Waals surface area contributed by atoms with Crippen molar-refractivity contribution in [2.45, 2.75) is 6.18 Å². The molecule has 3 heteroatoms. The highest BCUT2D eigenvalue weighted by Gasteiger charge is 2.30. The minimum atomic E-state index is -4.34. The van der Waals surface area contributed by atoms with Crippen molar-refractivity contribution < 1.29 is 13.2 Å². The third-order valence-electron chi connectivity index (χ3n) is 4.73. The Hall–Kier alpha value is -3.33. The van der Waals surface area contributed by atoms with Gasteiger partial charge in [-0.05, 0) is 51.6 Å². The molecule has 4 rings (SSSR count). The molecule has 4 aromatic carbocycles. The number of hydrogen-bond donors (Lipinski definition) is 0. The molecule has 0 saturated carbocycles. The van der Waals surface area contributed by atoms with E-state index in [4.69, 9.17) is 0 Å². The van der Waals surface area contributed by atoms with Gasteiger partial charge in [0.25, 0.3) is 0 Å². The summed E-state index contributed by atoms with van der Waals surface area (Å²) in [6.07, 6.45) is -4.34. The number of hydrogen-bond acceptors (Lipinski definition) is 0. The molecule has 0 amide bonds. The average molecular weight is 374 g/mol. The van der Waals surface area contributed by atoms with E-state index in [9.17, 15) is 13.2 Å². The molecule has 138 valence electrons. The second-order valence-electron chi connectivity index (χ2n) is 6.57. The van der Waals surface area contributed by atoms with Crippen LogP contribution in [-0.4, -0.2) is 0 Å². The van der Waals surface area contributed by atoms with Crippen LogP contribution in [0.3, 0.4) is 0 Å². The summed E-state index contributed by atoms with van der Waals surface area (Å²) in [5.41, 5.74) is 5.12. The van der Waals surface area contributed by atoms with Crippen LogP contribution in [0.4, 0.5) is 13.2 Å². The Labute approximate surface area is 161 Å². The fourth-order valence-corrected chi connectivity index (χ4v) is 3.30. The van der Waals surface area contributed by atoms with Crippen molar-refractivity contribution in [3.05, 3.63) is 109 Å². The van der Waals surface area contributed by atoms with E-state index >= 15 is 0 Å². The standard InChI is InChI=1S/C25H17F3/c26-25(27,28)22-14-11-20(12-15-22)24-17-21(18-7-3-1-4-8-18)13-16-23(24)19-9-5-2-6-10-19/h1-17H. The monoisotopic (exact) mass is 374 g/mol.